The molecule has 1 N–H and O–H groups in total. The molecule has 1 aliphatic heterocycles. The SMILES string of the molecule is CCOC(C)(C)CNC(C)c1ccc2c(c1)CCO2. The van der Waals surface area contributed by atoms with Crippen molar-refractivity contribution in [3.8, 4) is 5.75 Å². The lowest BCUT2D eigenvalue weighted by Gasteiger charge is -2.27. The summed E-state index contributed by atoms with van der Waals surface area (Å²) in [7, 11) is 0. The standard InChI is InChI=1S/C16H25NO2/c1-5-19-16(3,4)11-17-12(2)13-6-7-15-14(10-13)8-9-18-15/h6-7,10,12,17H,5,8-9,11H2,1-4H3. The molecule has 2 rings (SSSR count). The molecule has 1 aromatic rings. The average molecular weight is 263 g/mol. The van der Waals surface area contributed by atoms with E-state index in [0.29, 0.717) is 6.04 Å². The maximum atomic E-state index is 5.71. The van der Waals surface area contributed by atoms with Crippen molar-refractivity contribution < 1.29 is 9.47 Å². The first-order valence-electron chi connectivity index (χ1n) is 7.15. The van der Waals surface area contributed by atoms with Gasteiger partial charge < -0.3 is 14.8 Å². The van der Waals surface area contributed by atoms with Crippen molar-refractivity contribution in [2.24, 2.45) is 0 Å². The molecule has 1 aliphatic rings. The van der Waals surface area contributed by atoms with Gasteiger partial charge in [-0.3, -0.25) is 0 Å². The third-order valence-electron chi connectivity index (χ3n) is 3.58. The van der Waals surface area contributed by atoms with Crippen LogP contribution in [0.15, 0.2) is 18.2 Å². The van der Waals surface area contributed by atoms with Crippen LogP contribution in [0.1, 0.15) is 44.9 Å². The Labute approximate surface area is 116 Å². The van der Waals surface area contributed by atoms with E-state index in [1.54, 1.807) is 0 Å². The number of hydrogen-bond acceptors (Lipinski definition) is 3. The Bertz CT molecular complexity index is 429. The quantitative estimate of drug-likeness (QED) is 0.855. The third-order valence-corrected chi connectivity index (χ3v) is 3.58. The summed E-state index contributed by atoms with van der Waals surface area (Å²) in [6.45, 7) is 10.9. The molecule has 1 atom stereocenters. The molecule has 0 fully saturated rings. The normalized spacial score (nSPS) is 16.0. The molecule has 106 valence electrons. The van der Waals surface area contributed by atoms with Crippen LogP contribution in [0.25, 0.3) is 0 Å². The predicted octanol–water partition coefficient (Wildman–Crippen LogP) is 3.09. The van der Waals surface area contributed by atoms with Gasteiger partial charge in [0, 0.05) is 25.6 Å². The lowest BCUT2D eigenvalue weighted by Crippen LogP contribution is -2.38. The number of fused-ring (bicyclic) bond motifs is 1. The summed E-state index contributed by atoms with van der Waals surface area (Å²) in [5.41, 5.74) is 2.52. The number of benzene rings is 1. The molecule has 3 heteroatoms. The summed E-state index contributed by atoms with van der Waals surface area (Å²) in [5.74, 6) is 1.05. The van der Waals surface area contributed by atoms with E-state index in [1.165, 1.54) is 11.1 Å². The topological polar surface area (TPSA) is 30.5 Å². The monoisotopic (exact) mass is 263 g/mol. The molecule has 0 saturated carbocycles. The Balaban J connectivity index is 1.95. The Hall–Kier alpha value is -1.06. The number of nitrogens with one attached hydrogen (secondary N) is 1. The lowest BCUT2D eigenvalue weighted by molar-refractivity contribution is -0.0103. The zero-order valence-electron chi connectivity index (χ0n) is 12.5. The first-order chi connectivity index (χ1) is 9.02. The Kier molecular flexibility index (Phi) is 4.48. The van der Waals surface area contributed by atoms with Crippen molar-refractivity contribution in [1.82, 2.24) is 5.32 Å². The first-order valence-corrected chi connectivity index (χ1v) is 7.15. The van der Waals surface area contributed by atoms with Gasteiger partial charge in [-0.15, -0.1) is 0 Å². The minimum atomic E-state index is -0.122. The zero-order chi connectivity index (χ0) is 13.9. The van der Waals surface area contributed by atoms with Gasteiger partial charge in [-0.2, -0.15) is 0 Å². The summed E-state index contributed by atoms with van der Waals surface area (Å²) in [5, 5.41) is 3.55. The molecule has 0 spiro atoms. The maximum absolute atomic E-state index is 5.71. The Morgan fingerprint density at radius 3 is 2.95 bits per heavy atom. The third kappa shape index (κ3) is 3.71. The molecule has 0 aromatic heterocycles. The molecule has 1 unspecified atom stereocenters. The van der Waals surface area contributed by atoms with Crippen LogP contribution in [0.4, 0.5) is 0 Å². The summed E-state index contributed by atoms with van der Waals surface area (Å²) >= 11 is 0. The van der Waals surface area contributed by atoms with E-state index in [2.05, 4.69) is 44.3 Å². The van der Waals surface area contributed by atoms with Crippen molar-refractivity contribution in [1.29, 1.82) is 0 Å². The molecule has 0 bridgehead atoms. The fraction of sp³-hybridized carbons (Fsp3) is 0.625. The van der Waals surface area contributed by atoms with E-state index in [9.17, 15) is 0 Å². The second-order valence-corrected chi connectivity index (χ2v) is 5.76. The maximum Gasteiger partial charge on any atom is 0.122 e. The highest BCUT2D eigenvalue weighted by Gasteiger charge is 2.19. The van der Waals surface area contributed by atoms with Crippen molar-refractivity contribution >= 4 is 0 Å². The summed E-state index contributed by atoms with van der Waals surface area (Å²) in [6.07, 6.45) is 1.03. The first kappa shape index (κ1) is 14.4. The highest BCUT2D eigenvalue weighted by atomic mass is 16.5. The van der Waals surface area contributed by atoms with E-state index in [-0.39, 0.29) is 5.60 Å². The fourth-order valence-corrected chi connectivity index (χ4v) is 2.43. The predicted molar refractivity (Wildman–Crippen MR) is 77.8 cm³/mol. The smallest absolute Gasteiger partial charge is 0.122 e. The van der Waals surface area contributed by atoms with E-state index < -0.39 is 0 Å². The highest BCUT2D eigenvalue weighted by Crippen LogP contribution is 2.28. The van der Waals surface area contributed by atoms with Crippen LogP contribution >= 0.6 is 0 Å². The molecule has 1 aromatic carbocycles. The van der Waals surface area contributed by atoms with Crippen LogP contribution in [0.5, 0.6) is 5.75 Å². The summed E-state index contributed by atoms with van der Waals surface area (Å²) in [6, 6.07) is 6.82. The minimum absolute atomic E-state index is 0.122. The molecule has 19 heavy (non-hydrogen) atoms. The van der Waals surface area contributed by atoms with Gasteiger partial charge in [-0.1, -0.05) is 12.1 Å². The van der Waals surface area contributed by atoms with E-state index in [0.717, 1.165) is 31.9 Å². The van der Waals surface area contributed by atoms with E-state index >= 15 is 0 Å². The molecular weight excluding hydrogens is 238 g/mol. The van der Waals surface area contributed by atoms with Crippen LogP contribution in [-0.2, 0) is 11.2 Å². The molecule has 3 nitrogen and oxygen atoms in total. The van der Waals surface area contributed by atoms with Gasteiger partial charge in [-0.25, -0.2) is 0 Å². The molecule has 1 heterocycles. The zero-order valence-corrected chi connectivity index (χ0v) is 12.5. The van der Waals surface area contributed by atoms with Crippen LogP contribution in [0.2, 0.25) is 0 Å². The van der Waals surface area contributed by atoms with Gasteiger partial charge in [0.2, 0.25) is 0 Å². The highest BCUT2D eigenvalue weighted by molar-refractivity contribution is 5.40. The summed E-state index contributed by atoms with van der Waals surface area (Å²) in [4.78, 5) is 0. The van der Waals surface area contributed by atoms with Gasteiger partial charge >= 0.3 is 0 Å². The Morgan fingerprint density at radius 2 is 2.21 bits per heavy atom. The lowest BCUT2D eigenvalue weighted by atomic mass is 10.0. The largest absolute Gasteiger partial charge is 0.493 e. The fourth-order valence-electron chi connectivity index (χ4n) is 2.43. The van der Waals surface area contributed by atoms with Crippen LogP contribution in [0, 0.1) is 0 Å². The second-order valence-electron chi connectivity index (χ2n) is 5.76. The minimum Gasteiger partial charge on any atom is -0.493 e. The van der Waals surface area contributed by atoms with Crippen LogP contribution in [-0.4, -0.2) is 25.4 Å². The summed E-state index contributed by atoms with van der Waals surface area (Å²) < 4.78 is 11.2. The molecule has 0 radical (unpaired) electrons. The van der Waals surface area contributed by atoms with Gasteiger partial charge in [-0.05, 0) is 44.9 Å². The number of ether oxygens (including phenoxy) is 2. The van der Waals surface area contributed by atoms with E-state index in [1.807, 2.05) is 6.92 Å². The Morgan fingerprint density at radius 1 is 1.42 bits per heavy atom. The molecule has 0 amide bonds. The number of hydrogen-bond donors (Lipinski definition) is 1. The molecular formula is C16H25NO2. The van der Waals surface area contributed by atoms with E-state index in [4.69, 9.17) is 9.47 Å². The van der Waals surface area contributed by atoms with Crippen molar-refractivity contribution in [2.45, 2.75) is 45.8 Å². The van der Waals surface area contributed by atoms with Gasteiger partial charge in [0.1, 0.15) is 5.75 Å². The van der Waals surface area contributed by atoms with Crippen molar-refractivity contribution in [3.05, 3.63) is 29.3 Å². The second kappa shape index (κ2) is 5.93. The van der Waals surface area contributed by atoms with Gasteiger partial charge in [0.25, 0.3) is 0 Å². The average Bonchev–Trinajstić information content (AvgIpc) is 2.83. The molecule has 0 aliphatic carbocycles. The van der Waals surface area contributed by atoms with Crippen LogP contribution < -0.4 is 10.1 Å². The van der Waals surface area contributed by atoms with Gasteiger partial charge in [0.15, 0.2) is 0 Å². The number of rotatable bonds is 6. The van der Waals surface area contributed by atoms with Gasteiger partial charge in [0.05, 0.1) is 12.2 Å². The van der Waals surface area contributed by atoms with Crippen LogP contribution in [0.3, 0.4) is 0 Å². The molecule has 0 saturated heterocycles. The van der Waals surface area contributed by atoms with Crippen molar-refractivity contribution in [3.63, 3.8) is 0 Å². The van der Waals surface area contributed by atoms with Crippen molar-refractivity contribution in [2.75, 3.05) is 19.8 Å².